The standard InChI is InChI=1S/C11H10ClN3O4/c1-19-11(18)13-3-2-6-8-9(15-14-6)7(16)4-5(12)10(8)17/h4H,2-3H2,1H3,(H,13,18)(H,14,15). The van der Waals surface area contributed by atoms with Crippen LogP contribution in [0.1, 0.15) is 26.5 Å². The van der Waals surface area contributed by atoms with Gasteiger partial charge in [0.05, 0.1) is 17.7 Å². The Morgan fingerprint density at radius 3 is 2.95 bits per heavy atom. The molecule has 19 heavy (non-hydrogen) atoms. The number of nitrogens with one attached hydrogen (secondary N) is 2. The molecule has 100 valence electrons. The zero-order valence-corrected chi connectivity index (χ0v) is 10.7. The van der Waals surface area contributed by atoms with Crippen LogP contribution in [0.3, 0.4) is 0 Å². The summed E-state index contributed by atoms with van der Waals surface area (Å²) in [4.78, 5) is 34.4. The van der Waals surface area contributed by atoms with Crippen LogP contribution in [0.2, 0.25) is 0 Å². The Labute approximate surface area is 113 Å². The van der Waals surface area contributed by atoms with E-state index in [9.17, 15) is 14.4 Å². The third-order valence-corrected chi connectivity index (χ3v) is 2.89. The lowest BCUT2D eigenvalue weighted by molar-refractivity contribution is 0.0988. The van der Waals surface area contributed by atoms with E-state index in [4.69, 9.17) is 11.6 Å². The molecule has 0 spiro atoms. The number of H-pyrrole nitrogens is 1. The Hall–Kier alpha value is -2.15. The zero-order chi connectivity index (χ0) is 14.0. The Morgan fingerprint density at radius 1 is 1.53 bits per heavy atom. The molecule has 8 heteroatoms. The van der Waals surface area contributed by atoms with E-state index in [0.717, 1.165) is 6.08 Å². The fourth-order valence-electron chi connectivity index (χ4n) is 1.71. The van der Waals surface area contributed by atoms with Gasteiger partial charge in [0.15, 0.2) is 0 Å². The largest absolute Gasteiger partial charge is 0.453 e. The first-order valence-electron chi connectivity index (χ1n) is 5.40. The monoisotopic (exact) mass is 283 g/mol. The lowest BCUT2D eigenvalue weighted by Crippen LogP contribution is -2.26. The number of nitrogens with zero attached hydrogens (tertiary/aromatic N) is 1. The quantitative estimate of drug-likeness (QED) is 0.855. The molecule has 0 saturated heterocycles. The third kappa shape index (κ3) is 2.50. The van der Waals surface area contributed by atoms with E-state index in [-0.39, 0.29) is 22.8 Å². The number of ether oxygens (including phenoxy) is 1. The number of amides is 1. The van der Waals surface area contributed by atoms with Crippen LogP contribution in [0.4, 0.5) is 4.79 Å². The molecule has 0 radical (unpaired) electrons. The third-order valence-electron chi connectivity index (χ3n) is 2.61. The Balaban J connectivity index is 2.16. The summed E-state index contributed by atoms with van der Waals surface area (Å²) >= 11 is 5.68. The van der Waals surface area contributed by atoms with E-state index < -0.39 is 17.7 Å². The maximum absolute atomic E-state index is 11.9. The molecule has 0 aromatic carbocycles. The summed E-state index contributed by atoms with van der Waals surface area (Å²) in [5.41, 5.74) is 0.683. The number of carbonyl (C=O) groups excluding carboxylic acids is 3. The topological polar surface area (TPSA) is 101 Å². The molecule has 0 fully saturated rings. The van der Waals surface area contributed by atoms with Gasteiger partial charge < -0.3 is 10.1 Å². The summed E-state index contributed by atoms with van der Waals surface area (Å²) in [6.07, 6.45) is 0.776. The molecule has 0 bridgehead atoms. The van der Waals surface area contributed by atoms with Crippen LogP contribution in [0.5, 0.6) is 0 Å². The van der Waals surface area contributed by atoms with Gasteiger partial charge in [-0.1, -0.05) is 11.6 Å². The molecular formula is C11H10ClN3O4. The van der Waals surface area contributed by atoms with Crippen LogP contribution >= 0.6 is 11.6 Å². The van der Waals surface area contributed by atoms with Gasteiger partial charge in [0.25, 0.3) is 0 Å². The molecule has 1 aliphatic rings. The molecule has 0 saturated carbocycles. The van der Waals surface area contributed by atoms with E-state index in [1.165, 1.54) is 7.11 Å². The first kappa shape index (κ1) is 13.3. The first-order chi connectivity index (χ1) is 9.04. The number of Topliss-reactive ketones (excluding diaryl/α,β-unsaturated/α-hetero) is 1. The number of halogens is 1. The van der Waals surface area contributed by atoms with E-state index in [1.807, 2.05) is 0 Å². The fourth-order valence-corrected chi connectivity index (χ4v) is 1.91. The number of alkyl carbamates (subject to hydrolysis) is 1. The van der Waals surface area contributed by atoms with Crippen molar-refractivity contribution in [3.05, 3.63) is 28.1 Å². The number of hydrogen-bond donors (Lipinski definition) is 2. The van der Waals surface area contributed by atoms with Crippen molar-refractivity contribution >= 4 is 29.3 Å². The van der Waals surface area contributed by atoms with Gasteiger partial charge in [-0.25, -0.2) is 4.79 Å². The van der Waals surface area contributed by atoms with Crippen LogP contribution < -0.4 is 5.32 Å². The molecular weight excluding hydrogens is 274 g/mol. The van der Waals surface area contributed by atoms with Crippen molar-refractivity contribution in [2.24, 2.45) is 0 Å². The molecule has 1 aromatic rings. The van der Waals surface area contributed by atoms with Gasteiger partial charge in [-0.05, 0) is 0 Å². The van der Waals surface area contributed by atoms with Gasteiger partial charge in [0, 0.05) is 24.7 Å². The van der Waals surface area contributed by atoms with Gasteiger partial charge in [-0.3, -0.25) is 14.7 Å². The van der Waals surface area contributed by atoms with Crippen molar-refractivity contribution in [3.63, 3.8) is 0 Å². The fraction of sp³-hybridized carbons (Fsp3) is 0.273. The number of allylic oxidation sites excluding steroid dienone is 2. The molecule has 1 amide bonds. The van der Waals surface area contributed by atoms with Crippen LogP contribution in [-0.2, 0) is 11.2 Å². The number of methoxy groups -OCH3 is 1. The van der Waals surface area contributed by atoms with Gasteiger partial charge >= 0.3 is 6.09 Å². The highest BCUT2D eigenvalue weighted by molar-refractivity contribution is 6.49. The average molecular weight is 284 g/mol. The highest BCUT2D eigenvalue weighted by Crippen LogP contribution is 2.24. The van der Waals surface area contributed by atoms with Crippen molar-refractivity contribution in [3.8, 4) is 0 Å². The normalized spacial score (nSPS) is 13.9. The summed E-state index contributed by atoms with van der Waals surface area (Å²) in [6, 6.07) is 0. The van der Waals surface area contributed by atoms with E-state index in [0.29, 0.717) is 12.1 Å². The van der Waals surface area contributed by atoms with Crippen molar-refractivity contribution in [2.45, 2.75) is 6.42 Å². The summed E-state index contributed by atoms with van der Waals surface area (Å²) < 4.78 is 4.41. The minimum Gasteiger partial charge on any atom is -0.453 e. The van der Waals surface area contributed by atoms with E-state index in [2.05, 4.69) is 20.3 Å². The van der Waals surface area contributed by atoms with Crippen molar-refractivity contribution in [1.29, 1.82) is 0 Å². The molecule has 2 N–H and O–H groups in total. The molecule has 0 unspecified atom stereocenters. The SMILES string of the molecule is COC(=O)NCCc1[nH]nc2c1C(=O)C(Cl)=CC2=O. The lowest BCUT2D eigenvalue weighted by Gasteiger charge is -2.07. The molecule has 0 atom stereocenters. The van der Waals surface area contributed by atoms with E-state index in [1.54, 1.807) is 0 Å². The van der Waals surface area contributed by atoms with Crippen LogP contribution in [0, 0.1) is 0 Å². The van der Waals surface area contributed by atoms with Gasteiger partial charge in [-0.15, -0.1) is 0 Å². The number of ketones is 2. The predicted octanol–water partition coefficient (Wildman–Crippen LogP) is 0.810. The molecule has 1 aromatic heterocycles. The minimum atomic E-state index is -0.575. The summed E-state index contributed by atoms with van der Waals surface area (Å²) in [7, 11) is 1.25. The lowest BCUT2D eigenvalue weighted by atomic mass is 9.98. The average Bonchev–Trinajstić information content (AvgIpc) is 2.80. The van der Waals surface area contributed by atoms with Gasteiger partial charge in [-0.2, -0.15) is 5.10 Å². The second-order valence-corrected chi connectivity index (χ2v) is 4.19. The molecule has 7 nitrogen and oxygen atoms in total. The molecule has 0 aliphatic heterocycles. The maximum Gasteiger partial charge on any atom is 0.406 e. The molecule has 2 rings (SSSR count). The van der Waals surface area contributed by atoms with Crippen molar-refractivity contribution in [2.75, 3.05) is 13.7 Å². The highest BCUT2D eigenvalue weighted by Gasteiger charge is 2.30. The molecule has 1 aliphatic carbocycles. The number of aromatic nitrogens is 2. The zero-order valence-electron chi connectivity index (χ0n) is 9.95. The molecule has 1 heterocycles. The summed E-state index contributed by atoms with van der Waals surface area (Å²) in [6.45, 7) is 0.240. The van der Waals surface area contributed by atoms with Crippen LogP contribution in [0.25, 0.3) is 0 Å². The number of fused-ring (bicyclic) bond motifs is 1. The van der Waals surface area contributed by atoms with Crippen molar-refractivity contribution in [1.82, 2.24) is 15.5 Å². The van der Waals surface area contributed by atoms with Crippen LogP contribution in [0.15, 0.2) is 11.1 Å². The van der Waals surface area contributed by atoms with Gasteiger partial charge in [0.2, 0.25) is 11.6 Å². The Kier molecular flexibility index (Phi) is 3.66. The smallest absolute Gasteiger partial charge is 0.406 e. The summed E-state index contributed by atoms with van der Waals surface area (Å²) in [5, 5.41) is 8.74. The Morgan fingerprint density at radius 2 is 2.26 bits per heavy atom. The van der Waals surface area contributed by atoms with Crippen molar-refractivity contribution < 1.29 is 19.1 Å². The summed E-state index contributed by atoms with van der Waals surface area (Å²) in [5.74, 6) is -0.860. The maximum atomic E-state index is 11.9. The van der Waals surface area contributed by atoms with Crippen LogP contribution in [-0.4, -0.2) is 41.5 Å². The second kappa shape index (κ2) is 5.23. The van der Waals surface area contributed by atoms with Gasteiger partial charge in [0.1, 0.15) is 5.69 Å². The minimum absolute atomic E-state index is 0.0578. The number of hydrogen-bond acceptors (Lipinski definition) is 5. The number of carbonyl (C=O) groups is 3. The number of rotatable bonds is 3. The second-order valence-electron chi connectivity index (χ2n) is 3.78. The highest BCUT2D eigenvalue weighted by atomic mass is 35.5. The number of aromatic amines is 1. The Bertz CT molecular complexity index is 591. The first-order valence-corrected chi connectivity index (χ1v) is 5.77. The predicted molar refractivity (Wildman–Crippen MR) is 65.3 cm³/mol. The van der Waals surface area contributed by atoms with E-state index >= 15 is 0 Å².